The van der Waals surface area contributed by atoms with Gasteiger partial charge in [-0.1, -0.05) is 17.7 Å². The van der Waals surface area contributed by atoms with Gasteiger partial charge in [0.15, 0.2) is 5.82 Å². The summed E-state index contributed by atoms with van der Waals surface area (Å²) in [6.07, 6.45) is 1.31. The highest BCUT2D eigenvalue weighted by Gasteiger charge is 2.15. The number of nitrogens with zero attached hydrogens (tertiary/aromatic N) is 2. The molecule has 1 aromatic heterocycles. The number of hydrogen-bond acceptors (Lipinski definition) is 3. The number of aryl methyl sites for hydroxylation is 1. The van der Waals surface area contributed by atoms with Crippen molar-refractivity contribution in [3.8, 4) is 0 Å². The summed E-state index contributed by atoms with van der Waals surface area (Å²) in [5, 5.41) is 2.54. The first-order valence-electron chi connectivity index (χ1n) is 6.34. The standard InChI is InChI=1S/C15H10ClF2N3O/c1-21-7-19-10-5-6-11(13(18)12(10)15(21)22)20-14-8(16)3-2-4-9(14)17/h2-7,20H,1H3. The van der Waals surface area contributed by atoms with E-state index in [1.807, 2.05) is 0 Å². The molecule has 4 nitrogen and oxygen atoms in total. The van der Waals surface area contributed by atoms with E-state index in [0.717, 1.165) is 0 Å². The van der Waals surface area contributed by atoms with Crippen LogP contribution in [0.2, 0.25) is 5.02 Å². The summed E-state index contributed by atoms with van der Waals surface area (Å²) < 4.78 is 29.5. The summed E-state index contributed by atoms with van der Waals surface area (Å²) in [5.74, 6) is -1.42. The van der Waals surface area contributed by atoms with Crippen molar-refractivity contribution >= 4 is 33.9 Å². The highest BCUT2D eigenvalue weighted by molar-refractivity contribution is 6.33. The summed E-state index contributed by atoms with van der Waals surface area (Å²) in [6, 6.07) is 6.99. The van der Waals surface area contributed by atoms with Gasteiger partial charge in [0.05, 0.1) is 28.2 Å². The lowest BCUT2D eigenvalue weighted by atomic mass is 10.2. The molecule has 1 heterocycles. The fourth-order valence-corrected chi connectivity index (χ4v) is 2.31. The van der Waals surface area contributed by atoms with Gasteiger partial charge in [0.1, 0.15) is 11.2 Å². The van der Waals surface area contributed by atoms with E-state index < -0.39 is 17.2 Å². The van der Waals surface area contributed by atoms with E-state index in [2.05, 4.69) is 10.3 Å². The lowest BCUT2D eigenvalue weighted by molar-refractivity contribution is 0.628. The predicted molar refractivity (Wildman–Crippen MR) is 81.6 cm³/mol. The van der Waals surface area contributed by atoms with E-state index in [1.54, 1.807) is 0 Å². The van der Waals surface area contributed by atoms with E-state index in [9.17, 15) is 13.6 Å². The van der Waals surface area contributed by atoms with E-state index in [0.29, 0.717) is 0 Å². The lowest BCUT2D eigenvalue weighted by Crippen LogP contribution is -2.18. The maximum atomic E-state index is 14.6. The third-order valence-electron chi connectivity index (χ3n) is 3.25. The molecule has 112 valence electrons. The predicted octanol–water partition coefficient (Wildman–Crippen LogP) is 3.61. The zero-order valence-corrected chi connectivity index (χ0v) is 12.2. The van der Waals surface area contributed by atoms with Crippen molar-refractivity contribution in [2.45, 2.75) is 0 Å². The number of para-hydroxylation sites is 1. The summed E-state index contributed by atoms with van der Waals surface area (Å²) >= 11 is 5.90. The Morgan fingerprint density at radius 2 is 2.00 bits per heavy atom. The molecule has 22 heavy (non-hydrogen) atoms. The van der Waals surface area contributed by atoms with Crippen LogP contribution in [-0.4, -0.2) is 9.55 Å². The topological polar surface area (TPSA) is 46.9 Å². The Bertz CT molecular complexity index is 920. The van der Waals surface area contributed by atoms with E-state index >= 15 is 0 Å². The molecule has 1 N–H and O–H groups in total. The Kier molecular flexibility index (Phi) is 3.54. The molecule has 0 bridgehead atoms. The second kappa shape index (κ2) is 5.38. The molecule has 3 aromatic rings. The first-order valence-corrected chi connectivity index (χ1v) is 6.71. The molecule has 0 radical (unpaired) electrons. The van der Waals surface area contributed by atoms with Crippen molar-refractivity contribution in [2.24, 2.45) is 7.05 Å². The number of nitrogens with one attached hydrogen (secondary N) is 1. The molecule has 2 aromatic carbocycles. The van der Waals surface area contributed by atoms with Gasteiger partial charge in [-0.05, 0) is 24.3 Å². The molecular formula is C15H10ClF2N3O. The zero-order valence-electron chi connectivity index (χ0n) is 11.4. The van der Waals surface area contributed by atoms with Crippen LogP contribution in [-0.2, 0) is 7.05 Å². The van der Waals surface area contributed by atoms with Crippen molar-refractivity contribution in [3.63, 3.8) is 0 Å². The molecule has 0 atom stereocenters. The van der Waals surface area contributed by atoms with Gasteiger partial charge in [0, 0.05) is 7.05 Å². The molecule has 0 unspecified atom stereocenters. The second-order valence-corrected chi connectivity index (χ2v) is 5.11. The highest BCUT2D eigenvalue weighted by atomic mass is 35.5. The van der Waals surface area contributed by atoms with Crippen molar-refractivity contribution in [1.82, 2.24) is 9.55 Å². The smallest absolute Gasteiger partial charge is 0.263 e. The van der Waals surface area contributed by atoms with Gasteiger partial charge in [-0.3, -0.25) is 4.79 Å². The van der Waals surface area contributed by atoms with Crippen molar-refractivity contribution < 1.29 is 8.78 Å². The highest BCUT2D eigenvalue weighted by Crippen LogP contribution is 2.30. The van der Waals surface area contributed by atoms with Crippen LogP contribution in [0.1, 0.15) is 0 Å². The van der Waals surface area contributed by atoms with E-state index in [-0.39, 0.29) is 27.3 Å². The molecule has 3 rings (SSSR count). The second-order valence-electron chi connectivity index (χ2n) is 4.70. The Labute approximate surface area is 129 Å². The monoisotopic (exact) mass is 321 g/mol. The van der Waals surface area contributed by atoms with E-state index in [1.165, 1.54) is 48.3 Å². The van der Waals surface area contributed by atoms with Crippen molar-refractivity contribution in [3.05, 3.63) is 63.7 Å². The summed E-state index contributed by atoms with van der Waals surface area (Å²) in [5.41, 5.74) is -0.399. The minimum Gasteiger partial charge on any atom is -0.349 e. The molecule has 0 aliphatic heterocycles. The third kappa shape index (κ3) is 2.31. The van der Waals surface area contributed by atoms with Gasteiger partial charge < -0.3 is 9.88 Å². The number of benzene rings is 2. The molecule has 0 saturated heterocycles. The van der Waals surface area contributed by atoms with Gasteiger partial charge >= 0.3 is 0 Å². The first kappa shape index (κ1) is 14.5. The van der Waals surface area contributed by atoms with Gasteiger partial charge in [-0.15, -0.1) is 0 Å². The molecule has 0 amide bonds. The molecule has 0 aliphatic carbocycles. The van der Waals surface area contributed by atoms with Crippen LogP contribution < -0.4 is 10.9 Å². The molecule has 0 aliphatic rings. The lowest BCUT2D eigenvalue weighted by Gasteiger charge is -2.11. The maximum absolute atomic E-state index is 14.6. The summed E-state index contributed by atoms with van der Waals surface area (Å²) in [6.45, 7) is 0. The Morgan fingerprint density at radius 3 is 2.73 bits per heavy atom. The van der Waals surface area contributed by atoms with Gasteiger partial charge in [0.25, 0.3) is 5.56 Å². The largest absolute Gasteiger partial charge is 0.349 e. The Hall–Kier alpha value is -2.47. The van der Waals surface area contributed by atoms with Crippen LogP contribution in [0.15, 0.2) is 41.5 Å². The molecule has 0 saturated carbocycles. The van der Waals surface area contributed by atoms with Gasteiger partial charge in [0.2, 0.25) is 0 Å². The maximum Gasteiger partial charge on any atom is 0.263 e. The Balaban J connectivity index is 2.19. The number of hydrogen-bond donors (Lipinski definition) is 1. The average Bonchev–Trinajstić information content (AvgIpc) is 2.49. The number of aromatic nitrogens is 2. The van der Waals surface area contributed by atoms with Crippen LogP contribution in [0.4, 0.5) is 20.2 Å². The van der Waals surface area contributed by atoms with Crippen LogP contribution in [0, 0.1) is 11.6 Å². The van der Waals surface area contributed by atoms with Crippen LogP contribution >= 0.6 is 11.6 Å². The van der Waals surface area contributed by atoms with Crippen LogP contribution in [0.5, 0.6) is 0 Å². The van der Waals surface area contributed by atoms with Gasteiger partial charge in [-0.25, -0.2) is 13.8 Å². The molecule has 7 heteroatoms. The third-order valence-corrected chi connectivity index (χ3v) is 3.56. The zero-order chi connectivity index (χ0) is 15.9. The SMILES string of the molecule is Cn1cnc2ccc(Nc3c(F)cccc3Cl)c(F)c2c1=O. The average molecular weight is 322 g/mol. The summed E-state index contributed by atoms with van der Waals surface area (Å²) in [7, 11) is 1.47. The minimum atomic E-state index is -0.800. The minimum absolute atomic E-state index is 0.0513. The fourth-order valence-electron chi connectivity index (χ4n) is 2.10. The normalized spacial score (nSPS) is 10.9. The number of fused-ring (bicyclic) bond motifs is 1. The molecule has 0 fully saturated rings. The first-order chi connectivity index (χ1) is 10.5. The molecular weight excluding hydrogens is 312 g/mol. The molecule has 0 spiro atoms. The fraction of sp³-hybridized carbons (Fsp3) is 0.0667. The van der Waals surface area contributed by atoms with Crippen LogP contribution in [0.3, 0.4) is 0 Å². The summed E-state index contributed by atoms with van der Waals surface area (Å²) in [4.78, 5) is 16.0. The quantitative estimate of drug-likeness (QED) is 0.784. The number of anilines is 2. The number of halogens is 3. The van der Waals surface area contributed by atoms with Crippen molar-refractivity contribution in [1.29, 1.82) is 0 Å². The number of rotatable bonds is 2. The van der Waals surface area contributed by atoms with Gasteiger partial charge in [-0.2, -0.15) is 0 Å². The van der Waals surface area contributed by atoms with Crippen LogP contribution in [0.25, 0.3) is 10.9 Å². The van der Waals surface area contributed by atoms with E-state index in [4.69, 9.17) is 11.6 Å². The van der Waals surface area contributed by atoms with Crippen molar-refractivity contribution in [2.75, 3.05) is 5.32 Å². The Morgan fingerprint density at radius 1 is 1.23 bits per heavy atom.